The van der Waals surface area contributed by atoms with Crippen LogP contribution in [0.25, 0.3) is 0 Å². The van der Waals surface area contributed by atoms with Crippen molar-refractivity contribution in [3.63, 3.8) is 0 Å². The van der Waals surface area contributed by atoms with E-state index < -0.39 is 0 Å². The predicted octanol–water partition coefficient (Wildman–Crippen LogP) is 3.42. The van der Waals surface area contributed by atoms with Gasteiger partial charge in [0.15, 0.2) is 5.96 Å². The Bertz CT molecular complexity index is 715. The summed E-state index contributed by atoms with van der Waals surface area (Å²) in [4.78, 5) is 6.91. The van der Waals surface area contributed by atoms with Crippen molar-refractivity contribution >= 4 is 5.96 Å². The Morgan fingerprint density at radius 2 is 1.79 bits per heavy atom. The Morgan fingerprint density at radius 1 is 1.07 bits per heavy atom. The maximum Gasteiger partial charge on any atom is 0.191 e. The molecule has 0 amide bonds. The van der Waals surface area contributed by atoms with Crippen molar-refractivity contribution < 1.29 is 4.52 Å². The first-order chi connectivity index (χ1) is 14.2. The van der Waals surface area contributed by atoms with E-state index in [0.29, 0.717) is 12.6 Å². The van der Waals surface area contributed by atoms with E-state index in [-0.39, 0.29) is 0 Å². The van der Waals surface area contributed by atoms with Crippen LogP contribution in [0.5, 0.6) is 0 Å². The normalized spacial score (nSPS) is 13.0. The van der Waals surface area contributed by atoms with Crippen LogP contribution in [-0.2, 0) is 25.8 Å². The summed E-state index contributed by atoms with van der Waals surface area (Å²) in [5, 5.41) is 11.2. The van der Waals surface area contributed by atoms with Gasteiger partial charge in [-0.05, 0) is 31.5 Å². The molecule has 2 aromatic rings. The van der Waals surface area contributed by atoms with Gasteiger partial charge in [-0.2, -0.15) is 0 Å². The number of aryl methyl sites for hydroxylation is 2. The fraction of sp³-hybridized carbons (Fsp3) is 0.565. The van der Waals surface area contributed by atoms with Crippen molar-refractivity contribution in [1.82, 2.24) is 20.7 Å². The topological polar surface area (TPSA) is 65.7 Å². The minimum Gasteiger partial charge on any atom is -0.361 e. The first kappa shape index (κ1) is 22.9. The number of benzene rings is 1. The fourth-order valence-electron chi connectivity index (χ4n) is 3.70. The monoisotopic (exact) mass is 399 g/mol. The van der Waals surface area contributed by atoms with Gasteiger partial charge in [0.25, 0.3) is 0 Å². The highest BCUT2D eigenvalue weighted by atomic mass is 16.5. The molecule has 0 fully saturated rings. The lowest BCUT2D eigenvalue weighted by molar-refractivity contribution is 0.215. The first-order valence-electron chi connectivity index (χ1n) is 10.8. The standard InChI is InChI=1S/C23H37N5O/c1-6-21-20(22(7-2)29-27-21)17-26-23(24-5)25-16-19(28(8-3)9-4)15-18-13-11-10-12-14-18/h10-14,19H,6-9,15-17H2,1-5H3,(H2,24,25,26). The van der Waals surface area contributed by atoms with Crippen LogP contribution in [0.4, 0.5) is 0 Å². The van der Waals surface area contributed by atoms with Gasteiger partial charge in [0.1, 0.15) is 5.76 Å². The number of likely N-dealkylation sites (N-methyl/N-ethyl adjacent to an activating group) is 1. The third kappa shape index (κ3) is 6.60. The second kappa shape index (κ2) is 12.3. The SMILES string of the molecule is CCc1noc(CC)c1CNC(=NC)NCC(Cc1ccccc1)N(CC)CC. The van der Waals surface area contributed by atoms with Gasteiger partial charge >= 0.3 is 0 Å². The molecule has 1 aromatic carbocycles. The number of rotatable bonds is 11. The van der Waals surface area contributed by atoms with Crippen LogP contribution < -0.4 is 10.6 Å². The van der Waals surface area contributed by atoms with Crippen LogP contribution in [0, 0.1) is 0 Å². The summed E-state index contributed by atoms with van der Waals surface area (Å²) in [7, 11) is 1.81. The van der Waals surface area contributed by atoms with Crippen LogP contribution in [0.3, 0.4) is 0 Å². The van der Waals surface area contributed by atoms with E-state index >= 15 is 0 Å². The van der Waals surface area contributed by atoms with E-state index in [0.717, 1.165) is 61.9 Å². The smallest absolute Gasteiger partial charge is 0.191 e. The molecule has 0 bridgehead atoms. The van der Waals surface area contributed by atoms with Gasteiger partial charge in [-0.3, -0.25) is 9.89 Å². The number of aromatic nitrogens is 1. The maximum absolute atomic E-state index is 5.47. The van der Waals surface area contributed by atoms with E-state index in [1.807, 2.05) is 7.05 Å². The summed E-state index contributed by atoms with van der Waals surface area (Å²) in [6, 6.07) is 11.1. The molecule has 0 aliphatic heterocycles. The molecule has 0 aliphatic rings. The molecule has 0 spiro atoms. The molecule has 29 heavy (non-hydrogen) atoms. The van der Waals surface area contributed by atoms with Crippen molar-refractivity contribution in [2.45, 2.75) is 59.5 Å². The van der Waals surface area contributed by atoms with Gasteiger partial charge < -0.3 is 15.2 Å². The minimum absolute atomic E-state index is 0.402. The molecule has 6 nitrogen and oxygen atoms in total. The first-order valence-corrected chi connectivity index (χ1v) is 10.8. The fourth-order valence-corrected chi connectivity index (χ4v) is 3.70. The molecule has 1 heterocycles. The van der Waals surface area contributed by atoms with Crippen LogP contribution in [0.1, 0.15) is 50.3 Å². The van der Waals surface area contributed by atoms with Gasteiger partial charge in [-0.25, -0.2) is 0 Å². The van der Waals surface area contributed by atoms with E-state index in [2.05, 4.69) is 83.7 Å². The molecule has 0 radical (unpaired) electrons. The minimum atomic E-state index is 0.402. The Morgan fingerprint density at radius 3 is 2.38 bits per heavy atom. The molecule has 6 heteroatoms. The average molecular weight is 400 g/mol. The molecule has 1 aromatic heterocycles. The van der Waals surface area contributed by atoms with E-state index in [1.54, 1.807) is 0 Å². The van der Waals surface area contributed by atoms with Crippen molar-refractivity contribution in [3.8, 4) is 0 Å². The van der Waals surface area contributed by atoms with Crippen LogP contribution in [0.2, 0.25) is 0 Å². The van der Waals surface area contributed by atoms with Gasteiger partial charge in [0.2, 0.25) is 0 Å². The molecule has 0 saturated carbocycles. The van der Waals surface area contributed by atoms with Gasteiger partial charge in [-0.1, -0.05) is 63.2 Å². The highest BCUT2D eigenvalue weighted by Gasteiger charge is 2.18. The molecular weight excluding hydrogens is 362 g/mol. The summed E-state index contributed by atoms with van der Waals surface area (Å²) >= 11 is 0. The van der Waals surface area contributed by atoms with Gasteiger partial charge in [0.05, 0.1) is 5.69 Å². The lowest BCUT2D eigenvalue weighted by Crippen LogP contribution is -2.48. The zero-order chi connectivity index (χ0) is 21.1. The van der Waals surface area contributed by atoms with E-state index in [4.69, 9.17) is 4.52 Å². The molecule has 2 N–H and O–H groups in total. The van der Waals surface area contributed by atoms with Crippen molar-refractivity contribution in [1.29, 1.82) is 0 Å². The largest absolute Gasteiger partial charge is 0.361 e. The van der Waals surface area contributed by atoms with E-state index in [9.17, 15) is 0 Å². The van der Waals surface area contributed by atoms with Crippen LogP contribution in [-0.4, -0.2) is 48.7 Å². The summed E-state index contributed by atoms with van der Waals surface area (Å²) in [5.74, 6) is 1.76. The quantitative estimate of drug-likeness (QED) is 0.448. The van der Waals surface area contributed by atoms with Crippen molar-refractivity contribution in [2.24, 2.45) is 4.99 Å². The van der Waals surface area contributed by atoms with Crippen molar-refractivity contribution in [3.05, 3.63) is 52.9 Å². The summed E-state index contributed by atoms with van der Waals surface area (Å²) in [6.45, 7) is 12.2. The predicted molar refractivity (Wildman–Crippen MR) is 120 cm³/mol. The van der Waals surface area contributed by atoms with Crippen LogP contribution >= 0.6 is 0 Å². The summed E-state index contributed by atoms with van der Waals surface area (Å²) in [5.41, 5.74) is 3.54. The Labute approximate surface area is 175 Å². The Balaban J connectivity index is 1.99. The van der Waals surface area contributed by atoms with Gasteiger partial charge in [0, 0.05) is 38.2 Å². The summed E-state index contributed by atoms with van der Waals surface area (Å²) in [6.07, 6.45) is 2.73. The van der Waals surface area contributed by atoms with Crippen LogP contribution in [0.15, 0.2) is 39.8 Å². The molecular formula is C23H37N5O. The molecule has 0 saturated heterocycles. The molecule has 2 rings (SSSR count). The van der Waals surface area contributed by atoms with E-state index in [1.165, 1.54) is 5.56 Å². The second-order valence-electron chi connectivity index (χ2n) is 7.11. The third-order valence-corrected chi connectivity index (χ3v) is 5.41. The molecule has 160 valence electrons. The van der Waals surface area contributed by atoms with Crippen molar-refractivity contribution in [2.75, 3.05) is 26.7 Å². The maximum atomic E-state index is 5.47. The number of hydrogen-bond acceptors (Lipinski definition) is 4. The number of aliphatic imine (C=N–C) groups is 1. The number of guanidine groups is 1. The molecule has 1 atom stereocenters. The highest BCUT2D eigenvalue weighted by Crippen LogP contribution is 2.15. The molecule has 1 unspecified atom stereocenters. The zero-order valence-corrected chi connectivity index (χ0v) is 18.7. The third-order valence-electron chi connectivity index (χ3n) is 5.41. The lowest BCUT2D eigenvalue weighted by Gasteiger charge is -2.30. The number of nitrogens with zero attached hydrogens (tertiary/aromatic N) is 3. The Hall–Kier alpha value is -2.34. The number of hydrogen-bond donors (Lipinski definition) is 2. The highest BCUT2D eigenvalue weighted by molar-refractivity contribution is 5.79. The lowest BCUT2D eigenvalue weighted by atomic mass is 10.0. The average Bonchev–Trinajstić information content (AvgIpc) is 3.17. The van der Waals surface area contributed by atoms with Gasteiger partial charge in [-0.15, -0.1) is 0 Å². The Kier molecular flexibility index (Phi) is 9.71. The molecule has 0 aliphatic carbocycles. The summed E-state index contributed by atoms with van der Waals surface area (Å²) < 4.78 is 5.47. The number of nitrogens with one attached hydrogen (secondary N) is 2. The zero-order valence-electron chi connectivity index (χ0n) is 18.7. The second-order valence-corrected chi connectivity index (χ2v) is 7.11.